The van der Waals surface area contributed by atoms with Gasteiger partial charge in [0.05, 0.1) is 0 Å². The third-order valence-electron chi connectivity index (χ3n) is 3.42. The zero-order valence-corrected chi connectivity index (χ0v) is 9.98. The first-order valence-electron chi connectivity index (χ1n) is 6.26. The first kappa shape index (κ1) is 12.7. The molecule has 0 heterocycles. The highest BCUT2D eigenvalue weighted by Gasteiger charge is 2.40. The van der Waals surface area contributed by atoms with Crippen LogP contribution >= 0.6 is 0 Å². The number of carbonyl (C=O) groups is 1. The van der Waals surface area contributed by atoms with Crippen LogP contribution in [0, 0.1) is 17.8 Å². The van der Waals surface area contributed by atoms with E-state index in [4.69, 9.17) is 5.11 Å². The van der Waals surface area contributed by atoms with Gasteiger partial charge in [0.2, 0.25) is 0 Å². The summed E-state index contributed by atoms with van der Waals surface area (Å²) in [6, 6.07) is 0. The molecule has 3 atom stereocenters. The van der Waals surface area contributed by atoms with Crippen LogP contribution in [0.2, 0.25) is 0 Å². The van der Waals surface area contributed by atoms with Crippen LogP contribution in [0.15, 0.2) is 0 Å². The molecule has 88 valence electrons. The summed E-state index contributed by atoms with van der Waals surface area (Å²) in [6.45, 7) is 4.13. The molecular weight excluding hydrogens is 188 g/mol. The van der Waals surface area contributed by atoms with Gasteiger partial charge in [-0.2, -0.15) is 0 Å². The van der Waals surface area contributed by atoms with Gasteiger partial charge in [0.25, 0.3) is 0 Å². The number of aldehydes is 1. The zero-order valence-electron chi connectivity index (χ0n) is 9.98. The van der Waals surface area contributed by atoms with Crippen molar-refractivity contribution in [2.24, 2.45) is 17.8 Å². The summed E-state index contributed by atoms with van der Waals surface area (Å²) in [5.41, 5.74) is 0. The van der Waals surface area contributed by atoms with E-state index in [-0.39, 0.29) is 0 Å². The Kier molecular flexibility index (Phi) is 5.30. The van der Waals surface area contributed by atoms with Crippen molar-refractivity contribution in [2.75, 3.05) is 0 Å². The van der Waals surface area contributed by atoms with E-state index in [2.05, 4.69) is 13.8 Å². The minimum Gasteiger partial charge on any atom is -0.386 e. The van der Waals surface area contributed by atoms with Crippen LogP contribution in [0.3, 0.4) is 0 Å². The molecule has 2 heteroatoms. The molecule has 0 radical (unpaired) electrons. The maximum absolute atomic E-state index is 9.87. The second-order valence-electron chi connectivity index (χ2n) is 5.36. The maximum Gasteiger partial charge on any atom is 0.148 e. The van der Waals surface area contributed by atoms with Gasteiger partial charge in [-0.15, -0.1) is 0 Å². The number of fused-ring (bicyclic) bond motifs is 1. The number of hydrogen-bond acceptors (Lipinski definition) is 2. The summed E-state index contributed by atoms with van der Waals surface area (Å²) < 4.78 is 0. The van der Waals surface area contributed by atoms with Crippen molar-refractivity contribution in [3.63, 3.8) is 0 Å². The standard InChI is InChI=1S/C7H14O2.C6H10/c1-6(2)3-4-7(9)5-8;1-2-5-4-6(5)3-1/h5-7,9H,3-4H2,1-2H3;5-6H,1-4H2. The van der Waals surface area contributed by atoms with Crippen LogP contribution in [0.1, 0.15) is 52.4 Å². The molecule has 2 fully saturated rings. The normalized spacial score (nSPS) is 29.1. The first-order chi connectivity index (χ1) is 7.13. The molecule has 1 N–H and O–H groups in total. The zero-order chi connectivity index (χ0) is 11.3. The fraction of sp³-hybridized carbons (Fsp3) is 0.923. The predicted molar refractivity (Wildman–Crippen MR) is 61.6 cm³/mol. The van der Waals surface area contributed by atoms with Crippen molar-refractivity contribution in [3.8, 4) is 0 Å². The molecule has 0 amide bonds. The molecule has 0 spiro atoms. The second-order valence-corrected chi connectivity index (χ2v) is 5.36. The number of carbonyl (C=O) groups excluding carboxylic acids is 1. The monoisotopic (exact) mass is 212 g/mol. The van der Waals surface area contributed by atoms with Crippen molar-refractivity contribution in [1.82, 2.24) is 0 Å². The average molecular weight is 212 g/mol. The quantitative estimate of drug-likeness (QED) is 0.728. The van der Waals surface area contributed by atoms with Gasteiger partial charge < -0.3 is 9.90 Å². The van der Waals surface area contributed by atoms with Gasteiger partial charge >= 0.3 is 0 Å². The summed E-state index contributed by atoms with van der Waals surface area (Å²) in [5, 5.41) is 8.74. The molecule has 15 heavy (non-hydrogen) atoms. The maximum atomic E-state index is 9.87. The third-order valence-corrected chi connectivity index (χ3v) is 3.42. The van der Waals surface area contributed by atoms with Crippen molar-refractivity contribution >= 4 is 6.29 Å². The van der Waals surface area contributed by atoms with E-state index >= 15 is 0 Å². The Morgan fingerprint density at radius 3 is 2.13 bits per heavy atom. The van der Waals surface area contributed by atoms with Crippen molar-refractivity contribution in [3.05, 3.63) is 0 Å². The summed E-state index contributed by atoms with van der Waals surface area (Å²) >= 11 is 0. The first-order valence-corrected chi connectivity index (χ1v) is 6.26. The fourth-order valence-corrected chi connectivity index (χ4v) is 2.23. The summed E-state index contributed by atoms with van der Waals surface area (Å²) in [4.78, 5) is 9.87. The summed E-state index contributed by atoms with van der Waals surface area (Å²) in [7, 11) is 0. The Hall–Kier alpha value is -0.370. The molecule has 0 saturated heterocycles. The van der Waals surface area contributed by atoms with Gasteiger partial charge in [0.1, 0.15) is 12.4 Å². The molecule has 0 aliphatic heterocycles. The Balaban J connectivity index is 0.000000158. The lowest BCUT2D eigenvalue weighted by molar-refractivity contribution is -0.115. The number of aliphatic hydroxyl groups excluding tert-OH is 1. The van der Waals surface area contributed by atoms with Gasteiger partial charge in [-0.3, -0.25) is 0 Å². The molecule has 0 aromatic rings. The molecule has 3 unspecified atom stereocenters. The molecule has 0 aromatic carbocycles. The minimum absolute atomic E-state index is 0.569. The molecule has 2 rings (SSSR count). The topological polar surface area (TPSA) is 37.3 Å². The number of aliphatic hydroxyl groups is 1. The smallest absolute Gasteiger partial charge is 0.148 e. The van der Waals surface area contributed by atoms with Gasteiger partial charge in [-0.25, -0.2) is 0 Å². The second kappa shape index (κ2) is 6.26. The van der Waals surface area contributed by atoms with Crippen LogP contribution < -0.4 is 0 Å². The van der Waals surface area contributed by atoms with E-state index in [1.807, 2.05) is 0 Å². The highest BCUT2D eigenvalue weighted by molar-refractivity contribution is 5.55. The Bertz CT molecular complexity index is 181. The Morgan fingerprint density at radius 2 is 1.87 bits per heavy atom. The highest BCUT2D eigenvalue weighted by atomic mass is 16.3. The molecule has 0 aromatic heterocycles. The van der Waals surface area contributed by atoms with Gasteiger partial charge in [-0.05, 0) is 37.0 Å². The van der Waals surface area contributed by atoms with E-state index in [9.17, 15) is 4.79 Å². The average Bonchev–Trinajstić information content (AvgIpc) is 2.83. The Labute approximate surface area is 93.1 Å². The lowest BCUT2D eigenvalue weighted by Crippen LogP contribution is -2.08. The fourth-order valence-electron chi connectivity index (χ4n) is 2.23. The minimum atomic E-state index is -0.743. The third kappa shape index (κ3) is 5.31. The number of hydrogen-bond donors (Lipinski definition) is 1. The van der Waals surface area contributed by atoms with E-state index in [0.717, 1.165) is 6.42 Å². The van der Waals surface area contributed by atoms with Gasteiger partial charge in [0.15, 0.2) is 0 Å². The van der Waals surface area contributed by atoms with Crippen LogP contribution in [0.4, 0.5) is 0 Å². The number of rotatable bonds is 4. The highest BCUT2D eigenvalue weighted by Crippen LogP contribution is 2.51. The van der Waals surface area contributed by atoms with Crippen LogP contribution in [0.5, 0.6) is 0 Å². The molecule has 2 aliphatic rings. The van der Waals surface area contributed by atoms with Crippen LogP contribution in [-0.2, 0) is 4.79 Å². The van der Waals surface area contributed by atoms with E-state index < -0.39 is 6.10 Å². The van der Waals surface area contributed by atoms with Crippen LogP contribution in [-0.4, -0.2) is 17.5 Å². The summed E-state index contributed by atoms with van der Waals surface area (Å²) in [6.07, 6.45) is 7.60. The molecule has 2 nitrogen and oxygen atoms in total. The molecule has 0 bridgehead atoms. The molecule has 2 saturated carbocycles. The lowest BCUT2D eigenvalue weighted by Gasteiger charge is -2.04. The SMILES string of the molecule is C1CC2CC2C1.CC(C)CCC(O)C=O. The predicted octanol–water partition coefficient (Wildman–Crippen LogP) is 2.79. The lowest BCUT2D eigenvalue weighted by atomic mass is 10.1. The van der Waals surface area contributed by atoms with E-state index in [0.29, 0.717) is 18.6 Å². The van der Waals surface area contributed by atoms with Crippen molar-refractivity contribution in [1.29, 1.82) is 0 Å². The van der Waals surface area contributed by atoms with Gasteiger partial charge in [-0.1, -0.05) is 33.1 Å². The van der Waals surface area contributed by atoms with Crippen LogP contribution in [0.25, 0.3) is 0 Å². The van der Waals surface area contributed by atoms with E-state index in [1.165, 1.54) is 18.3 Å². The van der Waals surface area contributed by atoms with Gasteiger partial charge in [0, 0.05) is 0 Å². The largest absolute Gasteiger partial charge is 0.386 e. The molecule has 2 aliphatic carbocycles. The van der Waals surface area contributed by atoms with Crippen molar-refractivity contribution in [2.45, 2.75) is 58.5 Å². The summed E-state index contributed by atoms with van der Waals surface area (Å²) in [5.74, 6) is 2.99. The molecular formula is C13H24O2. The van der Waals surface area contributed by atoms with E-state index in [1.54, 1.807) is 19.3 Å². The Morgan fingerprint density at radius 1 is 1.27 bits per heavy atom. The van der Waals surface area contributed by atoms with Crippen molar-refractivity contribution < 1.29 is 9.90 Å².